The summed E-state index contributed by atoms with van der Waals surface area (Å²) in [7, 11) is 3.80. The summed E-state index contributed by atoms with van der Waals surface area (Å²) in [6.45, 7) is 2.87. The van der Waals surface area contributed by atoms with E-state index in [1.165, 1.54) is 0 Å². The minimum atomic E-state index is -0.520. The lowest BCUT2D eigenvalue weighted by Crippen LogP contribution is -2.30. The van der Waals surface area contributed by atoms with E-state index in [-0.39, 0.29) is 12.5 Å². The molecule has 0 aliphatic carbocycles. The maximum Gasteiger partial charge on any atom is 0.224 e. The third kappa shape index (κ3) is 7.68. The number of nitrogens with zero attached hydrogens (tertiary/aromatic N) is 1. The van der Waals surface area contributed by atoms with Gasteiger partial charge in [-0.1, -0.05) is 13.3 Å². The van der Waals surface area contributed by atoms with Crippen LogP contribution in [0.1, 0.15) is 26.2 Å². The van der Waals surface area contributed by atoms with E-state index in [0.29, 0.717) is 18.7 Å². The van der Waals surface area contributed by atoms with Crippen LogP contribution in [0.25, 0.3) is 0 Å². The quantitative estimate of drug-likeness (QED) is 0.732. The number of amides is 1. The summed E-state index contributed by atoms with van der Waals surface area (Å²) in [4.78, 5) is 13.5. The highest BCUT2D eigenvalue weighted by atomic mass is 16.5. The molecule has 1 atom stereocenters. The fourth-order valence-electron chi connectivity index (χ4n) is 1.86. The van der Waals surface area contributed by atoms with Gasteiger partial charge in [-0.2, -0.15) is 0 Å². The van der Waals surface area contributed by atoms with Crippen LogP contribution in [0.15, 0.2) is 24.3 Å². The summed E-state index contributed by atoms with van der Waals surface area (Å²) in [6.07, 6.45) is 1.94. The van der Waals surface area contributed by atoms with Crippen LogP contribution in [0.5, 0.6) is 5.75 Å². The average Bonchev–Trinajstić information content (AvgIpc) is 2.43. The van der Waals surface area contributed by atoms with Crippen molar-refractivity contribution in [2.24, 2.45) is 0 Å². The Hall–Kier alpha value is -1.59. The highest BCUT2D eigenvalue weighted by Gasteiger charge is 2.07. The van der Waals surface area contributed by atoms with Gasteiger partial charge in [-0.15, -0.1) is 0 Å². The van der Waals surface area contributed by atoms with Crippen LogP contribution in [0.2, 0.25) is 0 Å². The van der Waals surface area contributed by atoms with Gasteiger partial charge in [-0.05, 0) is 44.8 Å². The normalized spacial score (nSPS) is 12.2. The third-order valence-corrected chi connectivity index (χ3v) is 2.91. The van der Waals surface area contributed by atoms with E-state index in [0.717, 1.165) is 18.5 Å². The molecule has 0 bridgehead atoms. The Bertz CT molecular complexity index is 418. The molecule has 0 aliphatic heterocycles. The van der Waals surface area contributed by atoms with Crippen molar-refractivity contribution in [2.45, 2.75) is 32.3 Å². The second-order valence-corrected chi connectivity index (χ2v) is 5.40. The molecule has 0 aromatic heterocycles. The molecule has 2 N–H and O–H groups in total. The van der Waals surface area contributed by atoms with E-state index in [9.17, 15) is 9.90 Å². The summed E-state index contributed by atoms with van der Waals surface area (Å²) in [6, 6.07) is 7.19. The minimum absolute atomic E-state index is 0.0342. The molecule has 0 saturated carbocycles. The van der Waals surface area contributed by atoms with Gasteiger partial charge in [0.2, 0.25) is 5.91 Å². The van der Waals surface area contributed by atoms with E-state index in [1.54, 1.807) is 24.3 Å². The first kappa shape index (κ1) is 17.5. The lowest BCUT2D eigenvalue weighted by molar-refractivity contribution is -0.116. The van der Waals surface area contributed by atoms with Gasteiger partial charge >= 0.3 is 0 Å². The summed E-state index contributed by atoms with van der Waals surface area (Å²) < 4.78 is 5.50. The molecule has 118 valence electrons. The average molecular weight is 294 g/mol. The van der Waals surface area contributed by atoms with Gasteiger partial charge in [0.15, 0.2) is 0 Å². The highest BCUT2D eigenvalue weighted by molar-refractivity contribution is 5.90. The van der Waals surface area contributed by atoms with Crippen LogP contribution in [-0.4, -0.2) is 49.3 Å². The van der Waals surface area contributed by atoms with Gasteiger partial charge in [0.05, 0.1) is 0 Å². The van der Waals surface area contributed by atoms with Gasteiger partial charge in [-0.3, -0.25) is 4.79 Å². The first-order valence-corrected chi connectivity index (χ1v) is 7.36. The molecule has 1 aromatic rings. The first-order valence-electron chi connectivity index (χ1n) is 7.36. The van der Waals surface area contributed by atoms with Gasteiger partial charge in [0, 0.05) is 18.7 Å². The molecule has 0 aliphatic rings. The monoisotopic (exact) mass is 294 g/mol. The molecule has 0 fully saturated rings. The molecule has 5 nitrogen and oxygen atoms in total. The smallest absolute Gasteiger partial charge is 0.224 e. The van der Waals surface area contributed by atoms with E-state index >= 15 is 0 Å². The minimum Gasteiger partial charge on any atom is -0.491 e. The van der Waals surface area contributed by atoms with Crippen molar-refractivity contribution >= 4 is 11.6 Å². The molecule has 0 radical (unpaired) electrons. The number of benzene rings is 1. The summed E-state index contributed by atoms with van der Waals surface area (Å²) in [5.74, 6) is 0.714. The lowest BCUT2D eigenvalue weighted by Gasteiger charge is -2.16. The van der Waals surface area contributed by atoms with Crippen LogP contribution in [0.4, 0.5) is 5.69 Å². The molecule has 0 saturated heterocycles. The fourth-order valence-corrected chi connectivity index (χ4v) is 1.86. The van der Waals surface area contributed by atoms with Crippen LogP contribution in [0.3, 0.4) is 0 Å². The molecule has 1 unspecified atom stereocenters. The fraction of sp³-hybridized carbons (Fsp3) is 0.562. The zero-order valence-electron chi connectivity index (χ0n) is 13.1. The molecule has 1 aromatic carbocycles. The number of rotatable bonds is 9. The number of hydrogen-bond acceptors (Lipinski definition) is 4. The van der Waals surface area contributed by atoms with E-state index in [1.807, 2.05) is 19.0 Å². The Morgan fingerprint density at radius 2 is 2.00 bits per heavy atom. The van der Waals surface area contributed by atoms with Crippen LogP contribution >= 0.6 is 0 Å². The van der Waals surface area contributed by atoms with Crippen LogP contribution < -0.4 is 10.1 Å². The van der Waals surface area contributed by atoms with E-state index in [4.69, 9.17) is 4.74 Å². The Labute approximate surface area is 126 Å². The van der Waals surface area contributed by atoms with Gasteiger partial charge in [-0.25, -0.2) is 0 Å². The Balaban J connectivity index is 2.38. The van der Waals surface area contributed by atoms with Crippen LogP contribution in [0, 0.1) is 0 Å². The number of anilines is 1. The number of unbranched alkanes of at least 4 members (excludes halogenated alkanes) is 1. The molecule has 21 heavy (non-hydrogen) atoms. The second kappa shape index (κ2) is 9.37. The Kier molecular flexibility index (Phi) is 7.79. The number of hydrogen-bond donors (Lipinski definition) is 2. The van der Waals surface area contributed by atoms with Gasteiger partial charge in [0.1, 0.15) is 18.5 Å². The summed E-state index contributed by atoms with van der Waals surface area (Å²) in [5.41, 5.74) is 0.761. The highest BCUT2D eigenvalue weighted by Crippen LogP contribution is 2.16. The number of likely N-dealkylation sites (N-methyl/N-ethyl adjacent to an activating group) is 1. The van der Waals surface area contributed by atoms with E-state index < -0.39 is 6.10 Å². The third-order valence-electron chi connectivity index (χ3n) is 2.91. The topological polar surface area (TPSA) is 61.8 Å². The maximum atomic E-state index is 11.6. The largest absolute Gasteiger partial charge is 0.491 e. The Morgan fingerprint density at radius 1 is 1.33 bits per heavy atom. The standard InChI is InChI=1S/C16H26N2O3/c1-4-5-6-16(20)17-13-7-9-15(10-8-13)21-12-14(19)11-18(2)3/h7-10,14,19H,4-6,11-12H2,1-3H3,(H,17,20). The lowest BCUT2D eigenvalue weighted by atomic mass is 10.2. The molecule has 1 amide bonds. The SMILES string of the molecule is CCCCC(=O)Nc1ccc(OCC(O)CN(C)C)cc1. The Morgan fingerprint density at radius 3 is 2.57 bits per heavy atom. The van der Waals surface area contributed by atoms with Crippen molar-refractivity contribution in [1.29, 1.82) is 0 Å². The number of carbonyl (C=O) groups is 1. The van der Waals surface area contributed by atoms with Crippen molar-refractivity contribution in [1.82, 2.24) is 4.90 Å². The number of nitrogens with one attached hydrogen (secondary N) is 1. The predicted octanol–water partition coefficient (Wildman–Crippen LogP) is 2.12. The number of ether oxygens (including phenoxy) is 1. The molecule has 0 heterocycles. The molecular weight excluding hydrogens is 268 g/mol. The van der Waals surface area contributed by atoms with Crippen molar-refractivity contribution in [3.8, 4) is 5.75 Å². The zero-order chi connectivity index (χ0) is 15.7. The van der Waals surface area contributed by atoms with Gasteiger partial charge in [0.25, 0.3) is 0 Å². The molecular formula is C16H26N2O3. The first-order chi connectivity index (χ1) is 10.0. The molecule has 0 spiro atoms. The number of carbonyl (C=O) groups excluding carboxylic acids is 1. The number of aliphatic hydroxyl groups excluding tert-OH is 1. The van der Waals surface area contributed by atoms with Crippen molar-refractivity contribution in [3.05, 3.63) is 24.3 Å². The number of aliphatic hydroxyl groups is 1. The summed E-state index contributed by atoms with van der Waals surface area (Å²) in [5, 5.41) is 12.6. The maximum absolute atomic E-state index is 11.6. The summed E-state index contributed by atoms with van der Waals surface area (Å²) >= 11 is 0. The van der Waals surface area contributed by atoms with E-state index in [2.05, 4.69) is 12.2 Å². The van der Waals surface area contributed by atoms with Crippen molar-refractivity contribution in [2.75, 3.05) is 32.6 Å². The van der Waals surface area contributed by atoms with Crippen molar-refractivity contribution in [3.63, 3.8) is 0 Å². The molecule has 5 heteroatoms. The van der Waals surface area contributed by atoms with Crippen molar-refractivity contribution < 1.29 is 14.6 Å². The van der Waals surface area contributed by atoms with Gasteiger partial charge < -0.3 is 20.1 Å². The predicted molar refractivity (Wildman–Crippen MR) is 84.7 cm³/mol. The van der Waals surface area contributed by atoms with Crippen LogP contribution in [-0.2, 0) is 4.79 Å². The molecule has 1 rings (SSSR count). The second-order valence-electron chi connectivity index (χ2n) is 5.40. The zero-order valence-corrected chi connectivity index (χ0v) is 13.1.